The average molecular weight is 752 g/mol. The van der Waals surface area contributed by atoms with Gasteiger partial charge in [-0.05, 0) is 57.5 Å². The van der Waals surface area contributed by atoms with Crippen LogP contribution >= 0.6 is 0 Å². The Morgan fingerprint density at radius 3 is 2.37 bits per heavy atom. The molecule has 1 aliphatic heterocycles. The van der Waals surface area contributed by atoms with Gasteiger partial charge in [-0.15, -0.1) is 6.58 Å². The lowest BCUT2D eigenvalue weighted by atomic mass is 10.0. The SMILES string of the molecule is C=C[C@@H]1C[C@]1(NC(=O)[C@@H]1C[C@@H](Oc2cc(-c3ccccc3)nc3cc(OC)ccc23)CN1C(=O)[C@H](Cc1ccccc1)N(C)C)C(=O)NS(=O)(=O)C1CC1. The Balaban J connectivity index is 1.21. The highest BCUT2D eigenvalue weighted by Gasteiger charge is 2.62. The van der Waals surface area contributed by atoms with Crippen LogP contribution < -0.4 is 19.5 Å². The molecule has 2 N–H and O–H groups in total. The Hall–Kier alpha value is -5.27. The van der Waals surface area contributed by atoms with Gasteiger partial charge >= 0.3 is 0 Å². The lowest BCUT2D eigenvalue weighted by Crippen LogP contribution is -2.58. The summed E-state index contributed by atoms with van der Waals surface area (Å²) in [5, 5.41) is 3.00. The van der Waals surface area contributed by atoms with E-state index in [0.29, 0.717) is 42.0 Å². The largest absolute Gasteiger partial charge is 0.497 e. The molecule has 54 heavy (non-hydrogen) atoms. The second-order valence-corrected chi connectivity index (χ2v) is 16.5. The van der Waals surface area contributed by atoms with Gasteiger partial charge in [0.15, 0.2) is 0 Å². The van der Waals surface area contributed by atoms with E-state index in [1.54, 1.807) is 13.2 Å². The number of carbonyl (C=O) groups excluding carboxylic acids is 3. The first-order chi connectivity index (χ1) is 25.9. The number of aromatic nitrogens is 1. The van der Waals surface area contributed by atoms with Crippen LogP contribution in [0.15, 0.2) is 97.6 Å². The Morgan fingerprint density at radius 1 is 1.04 bits per heavy atom. The van der Waals surface area contributed by atoms with E-state index in [4.69, 9.17) is 14.5 Å². The van der Waals surface area contributed by atoms with Gasteiger partial charge in [-0.2, -0.15) is 0 Å². The first-order valence-electron chi connectivity index (χ1n) is 18.1. The molecule has 13 heteroatoms. The van der Waals surface area contributed by atoms with Crippen molar-refractivity contribution in [2.24, 2.45) is 5.92 Å². The highest BCUT2D eigenvalue weighted by Crippen LogP contribution is 2.45. The fraction of sp³-hybridized carbons (Fsp3) is 0.366. The van der Waals surface area contributed by atoms with E-state index < -0.39 is 56.7 Å². The van der Waals surface area contributed by atoms with Crippen LogP contribution in [-0.4, -0.2) is 97.6 Å². The molecule has 0 spiro atoms. The summed E-state index contributed by atoms with van der Waals surface area (Å²) in [6.07, 6.45) is 2.62. The monoisotopic (exact) mass is 751 g/mol. The number of amides is 3. The van der Waals surface area contributed by atoms with Crippen molar-refractivity contribution in [3.63, 3.8) is 0 Å². The molecule has 7 rings (SSSR count). The molecule has 2 aliphatic carbocycles. The molecule has 3 amide bonds. The van der Waals surface area contributed by atoms with Crippen LogP contribution in [0.25, 0.3) is 22.2 Å². The van der Waals surface area contributed by atoms with E-state index in [2.05, 4.69) is 16.6 Å². The van der Waals surface area contributed by atoms with Crippen molar-refractivity contribution in [1.82, 2.24) is 24.8 Å². The predicted molar refractivity (Wildman–Crippen MR) is 205 cm³/mol. The van der Waals surface area contributed by atoms with Gasteiger partial charge in [-0.3, -0.25) is 24.0 Å². The number of methoxy groups -OCH3 is 1. The first kappa shape index (κ1) is 37.1. The highest BCUT2D eigenvalue weighted by atomic mass is 32.2. The van der Waals surface area contributed by atoms with Crippen LogP contribution in [0.2, 0.25) is 0 Å². The molecule has 5 atom stereocenters. The maximum absolute atomic E-state index is 14.6. The Morgan fingerprint density at radius 2 is 1.74 bits per heavy atom. The minimum absolute atomic E-state index is 0.0941. The van der Waals surface area contributed by atoms with Gasteiger partial charge in [-0.25, -0.2) is 13.4 Å². The third kappa shape index (κ3) is 7.56. The molecule has 2 saturated carbocycles. The first-order valence-corrected chi connectivity index (χ1v) is 19.7. The maximum atomic E-state index is 14.6. The van der Waals surface area contributed by atoms with E-state index in [1.807, 2.05) is 104 Å². The summed E-state index contributed by atoms with van der Waals surface area (Å²) in [5.41, 5.74) is 1.68. The van der Waals surface area contributed by atoms with E-state index in [-0.39, 0.29) is 25.3 Å². The Bertz CT molecular complexity index is 2180. The van der Waals surface area contributed by atoms with Gasteiger partial charge in [0.2, 0.25) is 21.8 Å². The lowest BCUT2D eigenvalue weighted by Gasteiger charge is -2.32. The van der Waals surface area contributed by atoms with E-state index in [1.165, 1.54) is 4.90 Å². The maximum Gasteiger partial charge on any atom is 0.259 e. The number of fused-ring (bicyclic) bond motifs is 1. The predicted octanol–water partition coefficient (Wildman–Crippen LogP) is 4.10. The summed E-state index contributed by atoms with van der Waals surface area (Å²) in [6.45, 7) is 3.91. The molecular formula is C41H45N5O7S. The third-order valence-electron chi connectivity index (χ3n) is 10.6. The third-order valence-corrected chi connectivity index (χ3v) is 12.4. The van der Waals surface area contributed by atoms with Crippen LogP contribution in [0.1, 0.15) is 31.2 Å². The molecule has 3 fully saturated rings. The van der Waals surface area contributed by atoms with Crippen molar-refractivity contribution in [3.8, 4) is 22.8 Å². The molecule has 1 saturated heterocycles. The molecule has 0 unspecified atom stereocenters. The lowest BCUT2D eigenvalue weighted by molar-refractivity contribution is -0.143. The minimum atomic E-state index is -3.87. The summed E-state index contributed by atoms with van der Waals surface area (Å²) in [7, 11) is 1.37. The van der Waals surface area contributed by atoms with Crippen LogP contribution in [-0.2, 0) is 30.8 Å². The molecular weight excluding hydrogens is 707 g/mol. The summed E-state index contributed by atoms with van der Waals surface area (Å²) >= 11 is 0. The number of likely N-dealkylation sites (tertiary alicyclic amines) is 1. The molecule has 0 bridgehead atoms. The molecule has 282 valence electrons. The molecule has 3 aromatic carbocycles. The number of ether oxygens (including phenoxy) is 2. The van der Waals surface area contributed by atoms with E-state index in [0.717, 1.165) is 16.5 Å². The van der Waals surface area contributed by atoms with Crippen LogP contribution in [0, 0.1) is 5.92 Å². The number of sulfonamides is 1. The van der Waals surface area contributed by atoms with Gasteiger partial charge < -0.3 is 19.7 Å². The Kier molecular flexibility index (Phi) is 10.2. The Labute approximate surface area is 315 Å². The van der Waals surface area contributed by atoms with Crippen molar-refractivity contribution in [1.29, 1.82) is 0 Å². The number of hydrogen-bond acceptors (Lipinski definition) is 9. The number of pyridine rings is 1. The van der Waals surface area contributed by atoms with Crippen molar-refractivity contribution >= 4 is 38.6 Å². The topological polar surface area (TPSA) is 147 Å². The van der Waals surface area contributed by atoms with Crippen LogP contribution in [0.5, 0.6) is 11.5 Å². The van der Waals surface area contributed by atoms with Gasteiger partial charge in [0.1, 0.15) is 29.2 Å². The number of carbonyl (C=O) groups is 3. The molecule has 12 nitrogen and oxygen atoms in total. The van der Waals surface area contributed by atoms with Crippen LogP contribution in [0.4, 0.5) is 0 Å². The normalized spacial score (nSPS) is 22.7. The fourth-order valence-corrected chi connectivity index (χ4v) is 8.61. The van der Waals surface area contributed by atoms with E-state index >= 15 is 0 Å². The standard InChI is InChI=1S/C41H45N5O7S/c1-5-28-24-41(28,40(49)44-54(50,51)31-17-18-31)43-38(47)35-22-30(25-46(35)39(48)36(45(2)3)20-26-12-8-6-9-13-26)53-37-23-33(27-14-10-7-11-15-27)42-34-21-29(52-4)16-19-32(34)37/h5-16,19,21,23,28,30-31,35-36H,1,17-18,20,22,24-25H2,2-4H3,(H,43,47)(H,44,49)/t28-,30-,35+,36+,41-/m1/s1. The molecule has 1 aromatic heterocycles. The zero-order chi connectivity index (χ0) is 38.2. The number of rotatable bonds is 14. The second-order valence-electron chi connectivity index (χ2n) is 14.6. The molecule has 2 heterocycles. The van der Waals surface area contributed by atoms with Gasteiger partial charge in [0.05, 0.1) is 36.2 Å². The van der Waals surface area contributed by atoms with Gasteiger partial charge in [0, 0.05) is 35.4 Å². The summed E-state index contributed by atoms with van der Waals surface area (Å²) in [4.78, 5) is 50.8. The number of benzene rings is 3. The molecule has 3 aliphatic rings. The molecule has 0 radical (unpaired) electrons. The van der Waals surface area contributed by atoms with Gasteiger partial charge in [-0.1, -0.05) is 66.7 Å². The average Bonchev–Trinajstić information content (AvgIpc) is 4.10. The van der Waals surface area contributed by atoms with Crippen LogP contribution in [0.3, 0.4) is 0 Å². The van der Waals surface area contributed by atoms with Gasteiger partial charge in [0.25, 0.3) is 5.91 Å². The zero-order valence-corrected chi connectivity index (χ0v) is 31.4. The number of nitrogens with zero attached hydrogens (tertiary/aromatic N) is 3. The van der Waals surface area contributed by atoms with Crippen molar-refractivity contribution < 1.29 is 32.3 Å². The minimum Gasteiger partial charge on any atom is -0.497 e. The number of likely N-dealkylation sites (N-methyl/N-ethyl adjacent to an activating group) is 1. The van der Waals surface area contributed by atoms with E-state index in [9.17, 15) is 22.8 Å². The zero-order valence-electron chi connectivity index (χ0n) is 30.6. The number of nitrogens with one attached hydrogen (secondary N) is 2. The molecule has 4 aromatic rings. The summed E-state index contributed by atoms with van der Waals surface area (Å²) in [6, 6.07) is 25.1. The summed E-state index contributed by atoms with van der Waals surface area (Å²) < 4.78 is 39.9. The fourth-order valence-electron chi connectivity index (χ4n) is 7.25. The van der Waals surface area contributed by atoms with Crippen molar-refractivity contribution in [2.45, 2.75) is 61.1 Å². The number of hydrogen-bond donors (Lipinski definition) is 2. The van der Waals surface area contributed by atoms with Crippen molar-refractivity contribution in [3.05, 3.63) is 103 Å². The summed E-state index contributed by atoms with van der Waals surface area (Å²) in [5.74, 6) is -0.936. The van der Waals surface area contributed by atoms with Crippen molar-refractivity contribution in [2.75, 3.05) is 27.7 Å². The quantitative estimate of drug-likeness (QED) is 0.182. The highest BCUT2D eigenvalue weighted by molar-refractivity contribution is 7.91. The second kappa shape index (κ2) is 14.9. The smallest absolute Gasteiger partial charge is 0.259 e.